The van der Waals surface area contributed by atoms with Crippen molar-refractivity contribution in [3.05, 3.63) is 34.2 Å². The van der Waals surface area contributed by atoms with E-state index < -0.39 is 11.1 Å². The molecular weight excluding hydrogens is 204 g/mol. The summed E-state index contributed by atoms with van der Waals surface area (Å²) in [7, 11) is 0. The average Bonchev–Trinajstić information content (AvgIpc) is 2.40. The molecule has 1 aromatic carbocycles. The Hall–Kier alpha value is -1.55. The third-order valence-electron chi connectivity index (χ3n) is 2.01. The maximum absolute atomic E-state index is 11.3. The highest BCUT2D eigenvalue weighted by molar-refractivity contribution is 6.63. The van der Waals surface area contributed by atoms with Crippen LogP contribution in [0.25, 0.3) is 11.0 Å². The van der Waals surface area contributed by atoms with Crippen LogP contribution in [0.4, 0.5) is 4.79 Å². The first-order chi connectivity index (χ1) is 6.59. The molecule has 0 radical (unpaired) electrons. The summed E-state index contributed by atoms with van der Waals surface area (Å²) in [5.74, 6) is 0. The van der Waals surface area contributed by atoms with Crippen LogP contribution >= 0.6 is 11.6 Å². The molecule has 0 amide bonds. The SMILES string of the molecule is Cc1ccc2[nH]c(=O)n(C(=O)Cl)c2c1. The van der Waals surface area contributed by atoms with Crippen LogP contribution in [0.2, 0.25) is 0 Å². The molecule has 1 aromatic heterocycles. The second-order valence-electron chi connectivity index (χ2n) is 3.04. The van der Waals surface area contributed by atoms with Crippen molar-refractivity contribution in [2.24, 2.45) is 0 Å². The molecular formula is C9H7ClN2O2. The molecule has 0 saturated heterocycles. The number of aryl methyl sites for hydroxylation is 1. The lowest BCUT2D eigenvalue weighted by Crippen LogP contribution is -2.19. The van der Waals surface area contributed by atoms with Crippen molar-refractivity contribution in [1.29, 1.82) is 0 Å². The van der Waals surface area contributed by atoms with Crippen LogP contribution in [0.15, 0.2) is 23.0 Å². The van der Waals surface area contributed by atoms with Gasteiger partial charge in [-0.05, 0) is 36.2 Å². The molecule has 0 saturated carbocycles. The van der Waals surface area contributed by atoms with E-state index in [9.17, 15) is 9.59 Å². The average molecular weight is 211 g/mol. The van der Waals surface area contributed by atoms with E-state index in [1.807, 2.05) is 13.0 Å². The maximum Gasteiger partial charge on any atom is 0.334 e. The Morgan fingerprint density at radius 2 is 2.21 bits per heavy atom. The summed E-state index contributed by atoms with van der Waals surface area (Å²) in [5, 5.41) is -0.799. The number of nitrogens with one attached hydrogen (secondary N) is 1. The quantitative estimate of drug-likeness (QED) is 0.675. The number of hydrogen-bond donors (Lipinski definition) is 1. The molecule has 1 heterocycles. The number of hydrogen-bond acceptors (Lipinski definition) is 2. The van der Waals surface area contributed by atoms with Crippen LogP contribution in [0, 0.1) is 6.92 Å². The Balaban J connectivity index is 2.93. The van der Waals surface area contributed by atoms with Gasteiger partial charge >= 0.3 is 11.1 Å². The van der Waals surface area contributed by atoms with Crippen molar-refractivity contribution in [3.8, 4) is 0 Å². The van der Waals surface area contributed by atoms with Crippen molar-refractivity contribution in [3.63, 3.8) is 0 Å². The van der Waals surface area contributed by atoms with Gasteiger partial charge in [0.1, 0.15) is 0 Å². The number of aromatic amines is 1. The third-order valence-corrected chi connectivity index (χ3v) is 2.18. The van der Waals surface area contributed by atoms with Crippen LogP contribution < -0.4 is 5.69 Å². The zero-order chi connectivity index (χ0) is 10.3. The van der Waals surface area contributed by atoms with Crippen molar-refractivity contribution >= 4 is 28.0 Å². The number of nitrogens with zero attached hydrogens (tertiary/aromatic N) is 1. The van der Waals surface area contributed by atoms with Crippen LogP contribution in [0.3, 0.4) is 0 Å². The van der Waals surface area contributed by atoms with Crippen molar-refractivity contribution in [1.82, 2.24) is 9.55 Å². The van der Waals surface area contributed by atoms with Crippen LogP contribution in [0.5, 0.6) is 0 Å². The predicted octanol–water partition coefficient (Wildman–Crippen LogP) is 1.84. The number of aromatic nitrogens is 2. The summed E-state index contributed by atoms with van der Waals surface area (Å²) in [6, 6.07) is 5.32. The summed E-state index contributed by atoms with van der Waals surface area (Å²) in [6.45, 7) is 1.87. The second-order valence-corrected chi connectivity index (χ2v) is 3.36. The van der Waals surface area contributed by atoms with Crippen molar-refractivity contribution in [2.75, 3.05) is 0 Å². The van der Waals surface area contributed by atoms with Crippen molar-refractivity contribution < 1.29 is 4.79 Å². The Morgan fingerprint density at radius 1 is 1.50 bits per heavy atom. The van der Waals surface area contributed by atoms with E-state index in [0.29, 0.717) is 11.0 Å². The first-order valence-corrected chi connectivity index (χ1v) is 4.38. The molecule has 2 aromatic rings. The molecule has 72 valence electrons. The molecule has 0 fully saturated rings. The van der Waals surface area contributed by atoms with Gasteiger partial charge < -0.3 is 4.98 Å². The fourth-order valence-electron chi connectivity index (χ4n) is 1.39. The number of rotatable bonds is 0. The van der Waals surface area contributed by atoms with Crippen molar-refractivity contribution in [2.45, 2.75) is 6.92 Å². The Labute approximate surface area is 84.1 Å². The fourth-order valence-corrected chi connectivity index (χ4v) is 1.56. The minimum absolute atomic E-state index is 0.509. The zero-order valence-electron chi connectivity index (χ0n) is 7.37. The lowest BCUT2D eigenvalue weighted by atomic mass is 10.2. The lowest BCUT2D eigenvalue weighted by Gasteiger charge is -1.95. The molecule has 5 heteroatoms. The van der Waals surface area contributed by atoms with Gasteiger partial charge in [0, 0.05) is 0 Å². The number of benzene rings is 1. The normalized spacial score (nSPS) is 10.7. The van der Waals surface area contributed by atoms with Gasteiger partial charge in [0.2, 0.25) is 0 Å². The van der Waals surface area contributed by atoms with Gasteiger partial charge in [0.05, 0.1) is 11.0 Å². The Morgan fingerprint density at radius 3 is 2.86 bits per heavy atom. The Kier molecular flexibility index (Phi) is 1.93. The predicted molar refractivity (Wildman–Crippen MR) is 53.9 cm³/mol. The molecule has 1 N–H and O–H groups in total. The van der Waals surface area contributed by atoms with Crippen LogP contribution in [-0.2, 0) is 0 Å². The van der Waals surface area contributed by atoms with E-state index >= 15 is 0 Å². The van der Waals surface area contributed by atoms with Gasteiger partial charge in [0.25, 0.3) is 0 Å². The first-order valence-electron chi connectivity index (χ1n) is 4.01. The molecule has 0 aliphatic rings. The molecule has 0 spiro atoms. The largest absolute Gasteiger partial charge is 0.334 e. The minimum Gasteiger partial charge on any atom is -0.305 e. The number of fused-ring (bicyclic) bond motifs is 1. The molecule has 0 unspecified atom stereocenters. The summed E-state index contributed by atoms with van der Waals surface area (Å²) < 4.78 is 0.907. The van der Waals surface area contributed by atoms with E-state index in [0.717, 1.165) is 10.1 Å². The molecule has 0 aliphatic heterocycles. The summed E-state index contributed by atoms with van der Waals surface area (Å²) >= 11 is 5.29. The maximum atomic E-state index is 11.3. The number of H-pyrrole nitrogens is 1. The van der Waals surface area contributed by atoms with E-state index in [1.165, 1.54) is 0 Å². The Bertz CT molecular complexity index is 568. The van der Waals surface area contributed by atoms with Crippen LogP contribution in [0.1, 0.15) is 5.56 Å². The third kappa shape index (κ3) is 1.24. The number of carbonyl (C=O) groups is 1. The van der Waals surface area contributed by atoms with E-state index in [1.54, 1.807) is 12.1 Å². The van der Waals surface area contributed by atoms with Gasteiger partial charge in [-0.2, -0.15) is 0 Å². The van der Waals surface area contributed by atoms with E-state index in [4.69, 9.17) is 11.6 Å². The van der Waals surface area contributed by atoms with Gasteiger partial charge in [0.15, 0.2) is 0 Å². The smallest absolute Gasteiger partial charge is 0.305 e. The standard InChI is InChI=1S/C9H7ClN2O2/c1-5-2-3-6-7(4-5)12(8(10)13)9(14)11-6/h2-4H,1H3,(H,11,14). The molecule has 4 nitrogen and oxygen atoms in total. The first kappa shape index (κ1) is 9.02. The van der Waals surface area contributed by atoms with Gasteiger partial charge in [-0.1, -0.05) is 6.07 Å². The zero-order valence-corrected chi connectivity index (χ0v) is 8.13. The fraction of sp³-hybridized carbons (Fsp3) is 0.111. The molecule has 2 rings (SSSR count). The van der Waals surface area contributed by atoms with Gasteiger partial charge in [-0.25, -0.2) is 9.36 Å². The second kappa shape index (κ2) is 2.99. The number of carbonyl (C=O) groups excluding carboxylic acids is 1. The summed E-state index contributed by atoms with van der Waals surface area (Å²) in [5.41, 5.74) is 1.57. The topological polar surface area (TPSA) is 54.9 Å². The molecule has 0 bridgehead atoms. The van der Waals surface area contributed by atoms with E-state index in [-0.39, 0.29) is 0 Å². The lowest BCUT2D eigenvalue weighted by molar-refractivity contribution is 0.261. The van der Waals surface area contributed by atoms with Gasteiger partial charge in [-0.3, -0.25) is 4.79 Å². The van der Waals surface area contributed by atoms with E-state index in [2.05, 4.69) is 4.98 Å². The summed E-state index contributed by atoms with van der Waals surface area (Å²) in [4.78, 5) is 24.8. The molecule has 0 aliphatic carbocycles. The van der Waals surface area contributed by atoms with Crippen LogP contribution in [-0.4, -0.2) is 14.9 Å². The number of halogens is 1. The number of imidazole rings is 1. The highest BCUT2D eigenvalue weighted by Gasteiger charge is 2.10. The highest BCUT2D eigenvalue weighted by Crippen LogP contribution is 2.12. The monoisotopic (exact) mass is 210 g/mol. The molecule has 0 atom stereocenters. The van der Waals surface area contributed by atoms with Gasteiger partial charge in [-0.15, -0.1) is 0 Å². The summed E-state index contributed by atoms with van der Waals surface area (Å²) in [6.07, 6.45) is 0. The minimum atomic E-state index is -0.799. The highest BCUT2D eigenvalue weighted by atomic mass is 35.5. The molecule has 14 heavy (non-hydrogen) atoms.